The lowest BCUT2D eigenvalue weighted by Crippen LogP contribution is -2.52. The number of piperidine rings is 1. The first-order chi connectivity index (χ1) is 8.23. The van der Waals surface area contributed by atoms with Gasteiger partial charge in [0.15, 0.2) is 0 Å². The average Bonchev–Trinajstić information content (AvgIpc) is 2.13. The summed E-state index contributed by atoms with van der Waals surface area (Å²) in [4.78, 5) is 16.3. The van der Waals surface area contributed by atoms with Crippen LogP contribution in [-0.4, -0.2) is 58.1 Å². The molecule has 1 unspecified atom stereocenters. The predicted molar refractivity (Wildman–Crippen MR) is 73.4 cm³/mol. The Bertz CT molecular complexity index is 280. The fourth-order valence-electron chi connectivity index (χ4n) is 2.90. The van der Waals surface area contributed by atoms with Crippen LogP contribution in [0.1, 0.15) is 47.5 Å². The first-order valence-corrected chi connectivity index (χ1v) is 6.99. The van der Waals surface area contributed by atoms with Crippen molar-refractivity contribution in [1.82, 2.24) is 9.80 Å². The average molecular weight is 256 g/mol. The molecule has 4 nitrogen and oxygen atoms in total. The second-order valence-corrected chi connectivity index (χ2v) is 6.30. The van der Waals surface area contributed by atoms with E-state index in [1.54, 1.807) is 0 Å². The fraction of sp³-hybridized carbons (Fsp3) is 0.929. The number of aliphatic hydroxyl groups is 1. The van der Waals surface area contributed by atoms with Crippen molar-refractivity contribution < 1.29 is 9.90 Å². The van der Waals surface area contributed by atoms with Crippen LogP contribution in [0.3, 0.4) is 0 Å². The molecule has 0 aromatic rings. The molecular weight excluding hydrogens is 228 g/mol. The van der Waals surface area contributed by atoms with Crippen LogP contribution in [0.25, 0.3) is 0 Å². The van der Waals surface area contributed by atoms with Crippen LogP contribution < -0.4 is 0 Å². The molecule has 1 heterocycles. The number of amides is 1. The molecule has 0 aromatic carbocycles. The molecule has 0 aliphatic carbocycles. The van der Waals surface area contributed by atoms with Crippen molar-refractivity contribution in [2.24, 2.45) is 0 Å². The van der Waals surface area contributed by atoms with Crippen LogP contribution in [0.5, 0.6) is 0 Å². The standard InChI is InChI=1S/C14H28N2O2/c1-11(2)16(12(3)4)13(17)9-15-8-6-7-14(5,18)10-15/h11-12,18H,6-10H2,1-5H3. The van der Waals surface area contributed by atoms with E-state index in [0.29, 0.717) is 13.1 Å². The van der Waals surface area contributed by atoms with Gasteiger partial charge in [-0.1, -0.05) is 0 Å². The summed E-state index contributed by atoms with van der Waals surface area (Å²) in [5.41, 5.74) is -0.640. The molecule has 1 amide bonds. The number of rotatable bonds is 4. The van der Waals surface area contributed by atoms with E-state index in [2.05, 4.69) is 4.90 Å². The molecule has 106 valence electrons. The van der Waals surface area contributed by atoms with E-state index in [4.69, 9.17) is 0 Å². The Hall–Kier alpha value is -0.610. The fourth-order valence-corrected chi connectivity index (χ4v) is 2.90. The van der Waals surface area contributed by atoms with E-state index in [1.807, 2.05) is 39.5 Å². The van der Waals surface area contributed by atoms with E-state index in [9.17, 15) is 9.90 Å². The molecule has 1 N–H and O–H groups in total. The molecule has 1 atom stereocenters. The molecular formula is C14H28N2O2. The lowest BCUT2D eigenvalue weighted by Gasteiger charge is -2.38. The number of hydrogen-bond donors (Lipinski definition) is 1. The molecule has 1 rings (SSSR count). The molecule has 1 fully saturated rings. The van der Waals surface area contributed by atoms with Gasteiger partial charge in [-0.2, -0.15) is 0 Å². The van der Waals surface area contributed by atoms with Gasteiger partial charge in [0.25, 0.3) is 0 Å². The maximum absolute atomic E-state index is 12.3. The van der Waals surface area contributed by atoms with E-state index in [0.717, 1.165) is 19.4 Å². The van der Waals surface area contributed by atoms with Crippen LogP contribution in [-0.2, 0) is 4.79 Å². The molecule has 1 aliphatic heterocycles. The Morgan fingerprint density at radius 2 is 1.89 bits per heavy atom. The highest BCUT2D eigenvalue weighted by Gasteiger charge is 2.30. The molecule has 1 aliphatic rings. The Kier molecular flexibility index (Phi) is 5.17. The van der Waals surface area contributed by atoms with Crippen molar-refractivity contribution in [1.29, 1.82) is 0 Å². The molecule has 0 spiro atoms. The normalized spacial score (nSPS) is 25.8. The minimum absolute atomic E-state index is 0.165. The third-order valence-electron chi connectivity index (χ3n) is 3.51. The highest BCUT2D eigenvalue weighted by molar-refractivity contribution is 5.78. The number of hydrogen-bond acceptors (Lipinski definition) is 3. The van der Waals surface area contributed by atoms with Gasteiger partial charge in [0.05, 0.1) is 12.1 Å². The minimum Gasteiger partial charge on any atom is -0.389 e. The maximum Gasteiger partial charge on any atom is 0.237 e. The van der Waals surface area contributed by atoms with Gasteiger partial charge in [0.1, 0.15) is 0 Å². The summed E-state index contributed by atoms with van der Waals surface area (Å²) in [6, 6.07) is 0.450. The highest BCUT2D eigenvalue weighted by atomic mass is 16.3. The summed E-state index contributed by atoms with van der Waals surface area (Å²) in [5.74, 6) is 0.165. The smallest absolute Gasteiger partial charge is 0.237 e. The quantitative estimate of drug-likeness (QED) is 0.828. The van der Waals surface area contributed by atoms with Crippen LogP contribution in [0.2, 0.25) is 0 Å². The molecule has 0 radical (unpaired) electrons. The van der Waals surface area contributed by atoms with Crippen molar-refractivity contribution >= 4 is 5.91 Å². The van der Waals surface area contributed by atoms with Gasteiger partial charge < -0.3 is 10.0 Å². The molecule has 0 bridgehead atoms. The third-order valence-corrected chi connectivity index (χ3v) is 3.51. The van der Waals surface area contributed by atoms with Crippen LogP contribution in [0.15, 0.2) is 0 Å². The Balaban J connectivity index is 2.58. The highest BCUT2D eigenvalue weighted by Crippen LogP contribution is 2.20. The number of β-amino-alcohol motifs (C(OH)–C–C–N with tert-alkyl or cyclic N) is 1. The number of carbonyl (C=O) groups is 1. The predicted octanol–water partition coefficient (Wildman–Crippen LogP) is 1.48. The summed E-state index contributed by atoms with van der Waals surface area (Å²) < 4.78 is 0. The molecule has 1 saturated heterocycles. The van der Waals surface area contributed by atoms with Gasteiger partial charge in [0, 0.05) is 18.6 Å². The second kappa shape index (κ2) is 6.02. The monoisotopic (exact) mass is 256 g/mol. The first-order valence-electron chi connectivity index (χ1n) is 6.99. The first kappa shape index (κ1) is 15.4. The van der Waals surface area contributed by atoms with Crippen molar-refractivity contribution in [2.45, 2.75) is 65.1 Å². The van der Waals surface area contributed by atoms with Crippen LogP contribution in [0, 0.1) is 0 Å². The van der Waals surface area contributed by atoms with Gasteiger partial charge in [-0.15, -0.1) is 0 Å². The Labute approximate surface area is 111 Å². The third kappa shape index (κ3) is 4.25. The van der Waals surface area contributed by atoms with E-state index < -0.39 is 5.60 Å². The number of likely N-dealkylation sites (tertiary alicyclic amines) is 1. The lowest BCUT2D eigenvalue weighted by atomic mass is 9.95. The summed E-state index contributed by atoms with van der Waals surface area (Å²) >= 11 is 0. The largest absolute Gasteiger partial charge is 0.389 e. The molecule has 4 heteroatoms. The van der Waals surface area contributed by atoms with Gasteiger partial charge in [-0.25, -0.2) is 0 Å². The summed E-state index contributed by atoms with van der Waals surface area (Å²) in [7, 11) is 0. The van der Waals surface area contributed by atoms with E-state index in [1.165, 1.54) is 0 Å². The van der Waals surface area contributed by atoms with Crippen LogP contribution in [0.4, 0.5) is 0 Å². The van der Waals surface area contributed by atoms with Crippen molar-refractivity contribution in [3.63, 3.8) is 0 Å². The lowest BCUT2D eigenvalue weighted by molar-refractivity contribution is -0.137. The topological polar surface area (TPSA) is 43.8 Å². The number of carbonyl (C=O) groups excluding carboxylic acids is 1. The van der Waals surface area contributed by atoms with E-state index >= 15 is 0 Å². The summed E-state index contributed by atoms with van der Waals surface area (Å²) in [6.07, 6.45) is 1.79. The van der Waals surface area contributed by atoms with Gasteiger partial charge in [-0.3, -0.25) is 9.69 Å². The number of nitrogens with zero attached hydrogens (tertiary/aromatic N) is 2. The molecule has 0 aromatic heterocycles. The SMILES string of the molecule is CC(C)N(C(=O)CN1CCCC(C)(O)C1)C(C)C. The Morgan fingerprint density at radius 3 is 2.33 bits per heavy atom. The van der Waals surface area contributed by atoms with Crippen molar-refractivity contribution in [2.75, 3.05) is 19.6 Å². The van der Waals surface area contributed by atoms with Gasteiger partial charge in [-0.05, 0) is 54.0 Å². The summed E-state index contributed by atoms with van der Waals surface area (Å²) in [5, 5.41) is 10.0. The molecule has 18 heavy (non-hydrogen) atoms. The zero-order valence-electron chi connectivity index (χ0n) is 12.4. The zero-order chi connectivity index (χ0) is 13.9. The minimum atomic E-state index is -0.640. The van der Waals surface area contributed by atoms with Crippen molar-refractivity contribution in [3.05, 3.63) is 0 Å². The molecule has 0 saturated carbocycles. The van der Waals surface area contributed by atoms with Gasteiger partial charge >= 0.3 is 0 Å². The zero-order valence-corrected chi connectivity index (χ0v) is 12.4. The summed E-state index contributed by atoms with van der Waals surface area (Å²) in [6.45, 7) is 12.0. The Morgan fingerprint density at radius 1 is 1.33 bits per heavy atom. The van der Waals surface area contributed by atoms with Gasteiger partial charge in [0.2, 0.25) is 5.91 Å². The van der Waals surface area contributed by atoms with Crippen molar-refractivity contribution in [3.8, 4) is 0 Å². The maximum atomic E-state index is 12.3. The second-order valence-electron chi connectivity index (χ2n) is 6.30. The van der Waals surface area contributed by atoms with Crippen LogP contribution >= 0.6 is 0 Å². The van der Waals surface area contributed by atoms with E-state index in [-0.39, 0.29) is 18.0 Å².